The number of piperidine rings is 1. The Kier molecular flexibility index (Phi) is 4.86. The largest absolute Gasteiger partial charge is 0.339 e. The molecule has 1 saturated carbocycles. The van der Waals surface area contributed by atoms with Crippen LogP contribution in [0.3, 0.4) is 0 Å². The molecule has 1 saturated heterocycles. The van der Waals surface area contributed by atoms with E-state index in [0.29, 0.717) is 17.7 Å². The third kappa shape index (κ3) is 3.37. The molecule has 1 atom stereocenters. The molecule has 0 spiro atoms. The highest BCUT2D eigenvalue weighted by Gasteiger charge is 2.30. The average Bonchev–Trinajstić information content (AvgIpc) is 3.28. The van der Waals surface area contributed by atoms with E-state index in [4.69, 9.17) is 0 Å². The van der Waals surface area contributed by atoms with Crippen molar-refractivity contribution in [2.24, 2.45) is 0 Å². The van der Waals surface area contributed by atoms with Crippen LogP contribution in [0.4, 0.5) is 0 Å². The van der Waals surface area contributed by atoms with E-state index in [0.717, 1.165) is 36.9 Å². The van der Waals surface area contributed by atoms with Crippen LogP contribution in [-0.4, -0.2) is 43.9 Å². The minimum atomic E-state index is 0.221. The van der Waals surface area contributed by atoms with Gasteiger partial charge in [-0.05, 0) is 39.0 Å². The number of hydrogen-bond acceptors (Lipinski definition) is 4. The number of thioether (sulfide) groups is 1. The molecule has 0 N–H and O–H groups in total. The van der Waals surface area contributed by atoms with E-state index in [2.05, 4.69) is 28.3 Å². The summed E-state index contributed by atoms with van der Waals surface area (Å²) in [6.07, 6.45) is 7.74. The molecule has 2 heterocycles. The first-order valence-corrected chi connectivity index (χ1v) is 9.15. The van der Waals surface area contributed by atoms with Crippen molar-refractivity contribution in [1.29, 1.82) is 0 Å². The molecule has 120 valence electrons. The first kappa shape index (κ1) is 15.6. The van der Waals surface area contributed by atoms with Crippen molar-refractivity contribution in [3.8, 4) is 0 Å². The molecular formula is C16H24N4OS. The quantitative estimate of drug-likeness (QED) is 0.597. The first-order chi connectivity index (χ1) is 10.7. The van der Waals surface area contributed by atoms with E-state index in [1.165, 1.54) is 31.0 Å². The van der Waals surface area contributed by atoms with Crippen LogP contribution >= 0.6 is 11.8 Å². The van der Waals surface area contributed by atoms with Crippen LogP contribution in [0.25, 0.3) is 0 Å². The molecule has 1 unspecified atom stereocenters. The van der Waals surface area contributed by atoms with Crippen LogP contribution in [0.5, 0.6) is 0 Å². The molecule has 6 heteroatoms. The monoisotopic (exact) mass is 320 g/mol. The Morgan fingerprint density at radius 1 is 1.36 bits per heavy atom. The maximum absolute atomic E-state index is 12.4. The molecule has 0 aromatic carbocycles. The topological polar surface area (TPSA) is 51.0 Å². The number of rotatable bonds is 6. The normalized spacial score (nSPS) is 21.9. The minimum absolute atomic E-state index is 0.221. The summed E-state index contributed by atoms with van der Waals surface area (Å²) >= 11 is 1.51. The van der Waals surface area contributed by atoms with Gasteiger partial charge < -0.3 is 9.47 Å². The highest BCUT2D eigenvalue weighted by Crippen LogP contribution is 2.40. The van der Waals surface area contributed by atoms with Crippen LogP contribution in [0.1, 0.15) is 50.8 Å². The van der Waals surface area contributed by atoms with Crippen LogP contribution in [0.15, 0.2) is 17.8 Å². The van der Waals surface area contributed by atoms with E-state index in [-0.39, 0.29) is 5.91 Å². The summed E-state index contributed by atoms with van der Waals surface area (Å²) in [5.74, 6) is 2.28. The third-order valence-electron chi connectivity index (χ3n) is 4.45. The van der Waals surface area contributed by atoms with E-state index < -0.39 is 0 Å². The third-order valence-corrected chi connectivity index (χ3v) is 5.40. The van der Waals surface area contributed by atoms with Crippen molar-refractivity contribution in [2.75, 3.05) is 12.3 Å². The van der Waals surface area contributed by atoms with Crippen molar-refractivity contribution in [3.05, 3.63) is 18.5 Å². The van der Waals surface area contributed by atoms with Gasteiger partial charge in [0.2, 0.25) is 5.91 Å². The van der Waals surface area contributed by atoms with Crippen molar-refractivity contribution in [1.82, 2.24) is 19.7 Å². The Morgan fingerprint density at radius 2 is 2.18 bits per heavy atom. The molecule has 2 aliphatic rings. The number of carbonyl (C=O) groups is 1. The second-order valence-electron chi connectivity index (χ2n) is 6.23. The van der Waals surface area contributed by atoms with Crippen molar-refractivity contribution < 1.29 is 4.79 Å². The van der Waals surface area contributed by atoms with Gasteiger partial charge in [0.05, 0.1) is 5.75 Å². The Hall–Kier alpha value is -1.30. The highest BCUT2D eigenvalue weighted by atomic mass is 32.2. The number of amides is 1. The number of aromatic nitrogens is 3. The predicted molar refractivity (Wildman–Crippen MR) is 87.9 cm³/mol. The molecule has 1 aromatic heterocycles. The van der Waals surface area contributed by atoms with E-state index in [1.54, 1.807) is 0 Å². The van der Waals surface area contributed by atoms with Gasteiger partial charge in [-0.25, -0.2) is 0 Å². The van der Waals surface area contributed by atoms with Gasteiger partial charge in [-0.15, -0.1) is 16.8 Å². The Bertz CT molecular complexity index is 552. The number of carbonyl (C=O) groups excluding carboxylic acids is 1. The number of allylic oxidation sites excluding steroid dienone is 1. The van der Waals surface area contributed by atoms with E-state index >= 15 is 0 Å². The molecule has 2 fully saturated rings. The lowest BCUT2D eigenvalue weighted by atomic mass is 10.0. The van der Waals surface area contributed by atoms with Gasteiger partial charge in [0, 0.05) is 25.0 Å². The van der Waals surface area contributed by atoms with Crippen molar-refractivity contribution in [3.63, 3.8) is 0 Å². The van der Waals surface area contributed by atoms with Crippen LogP contribution in [0, 0.1) is 0 Å². The maximum atomic E-state index is 12.4. The summed E-state index contributed by atoms with van der Waals surface area (Å²) < 4.78 is 2.11. The number of likely N-dealkylation sites (tertiary alicyclic amines) is 1. The van der Waals surface area contributed by atoms with E-state index in [9.17, 15) is 4.79 Å². The molecule has 5 nitrogen and oxygen atoms in total. The van der Waals surface area contributed by atoms with Gasteiger partial charge in [-0.2, -0.15) is 0 Å². The van der Waals surface area contributed by atoms with Gasteiger partial charge in [0.25, 0.3) is 0 Å². The lowest BCUT2D eigenvalue weighted by molar-refractivity contribution is -0.131. The molecule has 3 rings (SSSR count). The van der Waals surface area contributed by atoms with Gasteiger partial charge in [0.1, 0.15) is 5.82 Å². The average molecular weight is 320 g/mol. The standard InChI is InChI=1S/C16H24N4OS/c1-3-9-20-15(13-7-8-13)17-18-16(20)22-11-14(21)19-10-5-4-6-12(19)2/h3,12-13H,1,4-11H2,2H3. The summed E-state index contributed by atoms with van der Waals surface area (Å²) in [4.78, 5) is 14.5. The van der Waals surface area contributed by atoms with Crippen LogP contribution < -0.4 is 0 Å². The smallest absolute Gasteiger partial charge is 0.233 e. The molecular weight excluding hydrogens is 296 g/mol. The maximum Gasteiger partial charge on any atom is 0.233 e. The second kappa shape index (κ2) is 6.86. The molecule has 1 aliphatic heterocycles. The lowest BCUT2D eigenvalue weighted by Gasteiger charge is -2.33. The fraction of sp³-hybridized carbons (Fsp3) is 0.688. The molecule has 0 bridgehead atoms. The van der Waals surface area contributed by atoms with Gasteiger partial charge in [-0.3, -0.25) is 4.79 Å². The summed E-state index contributed by atoms with van der Waals surface area (Å²) in [7, 11) is 0. The van der Waals surface area contributed by atoms with Gasteiger partial charge in [-0.1, -0.05) is 17.8 Å². The number of nitrogens with zero attached hydrogens (tertiary/aromatic N) is 4. The fourth-order valence-corrected chi connectivity index (χ4v) is 3.87. The molecule has 0 radical (unpaired) electrons. The van der Waals surface area contributed by atoms with Crippen LogP contribution in [-0.2, 0) is 11.3 Å². The summed E-state index contributed by atoms with van der Waals surface area (Å²) in [6.45, 7) is 7.58. The summed E-state index contributed by atoms with van der Waals surface area (Å²) in [5, 5.41) is 9.46. The van der Waals surface area contributed by atoms with Crippen LogP contribution in [0.2, 0.25) is 0 Å². The minimum Gasteiger partial charge on any atom is -0.339 e. The summed E-state index contributed by atoms with van der Waals surface area (Å²) in [6, 6.07) is 0.370. The zero-order valence-electron chi connectivity index (χ0n) is 13.2. The Balaban J connectivity index is 1.63. The highest BCUT2D eigenvalue weighted by molar-refractivity contribution is 7.99. The zero-order valence-corrected chi connectivity index (χ0v) is 14.0. The van der Waals surface area contributed by atoms with Gasteiger partial charge >= 0.3 is 0 Å². The molecule has 1 amide bonds. The lowest BCUT2D eigenvalue weighted by Crippen LogP contribution is -2.43. The SMILES string of the molecule is C=CCn1c(SCC(=O)N2CCCCC2C)nnc1C1CC1. The molecule has 1 aromatic rings. The van der Waals surface area contributed by atoms with Crippen molar-refractivity contribution in [2.45, 2.75) is 62.7 Å². The van der Waals surface area contributed by atoms with Gasteiger partial charge in [0.15, 0.2) is 5.16 Å². The zero-order chi connectivity index (χ0) is 15.5. The van der Waals surface area contributed by atoms with Crippen molar-refractivity contribution >= 4 is 17.7 Å². The summed E-state index contributed by atoms with van der Waals surface area (Å²) in [5.41, 5.74) is 0. The Labute approximate surface area is 136 Å². The molecule has 22 heavy (non-hydrogen) atoms. The fourth-order valence-electron chi connectivity index (χ4n) is 3.03. The second-order valence-corrected chi connectivity index (χ2v) is 7.18. The number of hydrogen-bond donors (Lipinski definition) is 0. The molecule has 1 aliphatic carbocycles. The predicted octanol–water partition coefficient (Wildman–Crippen LogP) is 2.83. The Morgan fingerprint density at radius 3 is 2.86 bits per heavy atom. The van der Waals surface area contributed by atoms with E-state index in [1.807, 2.05) is 11.0 Å². The first-order valence-electron chi connectivity index (χ1n) is 8.17.